The molecule has 1 atom stereocenters. The molecule has 2 N–H and O–H groups in total. The Morgan fingerprint density at radius 1 is 1.21 bits per heavy atom. The number of carbonyl (C=O) groups is 1. The van der Waals surface area contributed by atoms with Crippen molar-refractivity contribution in [2.75, 3.05) is 13.1 Å². The molecule has 0 spiro atoms. The van der Waals surface area contributed by atoms with Gasteiger partial charge in [-0.05, 0) is 81.1 Å². The molecule has 204 valence electrons. The van der Waals surface area contributed by atoms with Gasteiger partial charge in [-0.3, -0.25) is 9.78 Å². The summed E-state index contributed by atoms with van der Waals surface area (Å²) in [5.41, 5.74) is 7.48. The molecule has 1 amide bonds. The van der Waals surface area contributed by atoms with E-state index < -0.39 is 0 Å². The molecule has 5 nitrogen and oxygen atoms in total. The average molecular weight is 519 g/mol. The molecule has 2 heterocycles. The number of benzene rings is 1. The largest absolute Gasteiger partial charge is 0.350 e. The Hall–Kier alpha value is -3.38. The number of amides is 1. The summed E-state index contributed by atoms with van der Waals surface area (Å²) >= 11 is 0. The van der Waals surface area contributed by atoms with Crippen LogP contribution >= 0.6 is 0 Å². The molecule has 6 heteroatoms. The van der Waals surface area contributed by atoms with Gasteiger partial charge in [-0.25, -0.2) is 9.38 Å². The first kappa shape index (κ1) is 30.8. The van der Waals surface area contributed by atoms with Gasteiger partial charge >= 0.3 is 0 Å². The summed E-state index contributed by atoms with van der Waals surface area (Å²) in [6.45, 7) is 15.5. The zero-order chi connectivity index (χ0) is 28.1. The standard InChI is InChI=1S/C30H37FN4O.C2H6/c1-6-20(4)10-9-11-24(7-2)34-27(8-3)30(36)32-17-16-25-18-26(28-19-33-28)21(5)29(35-25)22-12-14-23(31)15-13-22;1-2/h8-15,18,28,33H,6-7,16-17,19H2,1-5H3,(H,32,36);1-2H3/b11-9-,20-10-,27-8-,34-24+;. The minimum absolute atomic E-state index is 0.202. The Labute approximate surface area is 228 Å². The summed E-state index contributed by atoms with van der Waals surface area (Å²) in [7, 11) is 0. The third kappa shape index (κ3) is 9.18. The summed E-state index contributed by atoms with van der Waals surface area (Å²) in [4.78, 5) is 22.3. The lowest BCUT2D eigenvalue weighted by molar-refractivity contribution is -0.117. The molecular formula is C32H43FN4O. The number of carbonyl (C=O) groups excluding carboxylic acids is 1. The molecule has 1 unspecified atom stereocenters. The summed E-state index contributed by atoms with van der Waals surface area (Å²) in [5, 5.41) is 6.35. The van der Waals surface area contributed by atoms with Crippen molar-refractivity contribution in [2.45, 2.75) is 73.8 Å². The first-order valence-electron chi connectivity index (χ1n) is 13.7. The van der Waals surface area contributed by atoms with Crippen LogP contribution in [0.2, 0.25) is 0 Å². The van der Waals surface area contributed by atoms with Crippen LogP contribution in [0.3, 0.4) is 0 Å². The Morgan fingerprint density at radius 3 is 2.47 bits per heavy atom. The van der Waals surface area contributed by atoms with Gasteiger partial charge < -0.3 is 10.6 Å². The molecule has 2 aromatic rings. The highest BCUT2D eigenvalue weighted by Gasteiger charge is 2.26. The van der Waals surface area contributed by atoms with E-state index >= 15 is 0 Å². The van der Waals surface area contributed by atoms with Gasteiger partial charge in [-0.15, -0.1) is 0 Å². The maximum Gasteiger partial charge on any atom is 0.269 e. The van der Waals surface area contributed by atoms with Gasteiger partial charge in [0, 0.05) is 42.5 Å². The summed E-state index contributed by atoms with van der Waals surface area (Å²) in [6.07, 6.45) is 10.1. The molecule has 0 bridgehead atoms. The number of nitrogens with zero attached hydrogens (tertiary/aromatic N) is 2. The van der Waals surface area contributed by atoms with E-state index in [0.29, 0.717) is 24.7 Å². The van der Waals surface area contributed by atoms with Crippen molar-refractivity contribution >= 4 is 11.6 Å². The number of pyridine rings is 1. The first-order chi connectivity index (χ1) is 18.4. The lowest BCUT2D eigenvalue weighted by Gasteiger charge is -2.14. The van der Waals surface area contributed by atoms with Crippen molar-refractivity contribution in [2.24, 2.45) is 4.99 Å². The molecular weight excluding hydrogens is 475 g/mol. The monoisotopic (exact) mass is 518 g/mol. The predicted molar refractivity (Wildman–Crippen MR) is 158 cm³/mol. The van der Waals surface area contributed by atoms with E-state index in [1.165, 1.54) is 23.3 Å². The molecule has 0 saturated carbocycles. The highest BCUT2D eigenvalue weighted by atomic mass is 19.1. The van der Waals surface area contributed by atoms with Crippen molar-refractivity contribution in [3.63, 3.8) is 0 Å². The second-order valence-electron chi connectivity index (χ2n) is 9.01. The first-order valence-corrected chi connectivity index (χ1v) is 13.7. The Kier molecular flexibility index (Phi) is 12.8. The molecule has 0 aliphatic carbocycles. The molecule has 0 radical (unpaired) electrons. The second-order valence-corrected chi connectivity index (χ2v) is 9.01. The number of rotatable bonds is 11. The Balaban J connectivity index is 0.00000247. The number of nitrogens with one attached hydrogen (secondary N) is 2. The van der Waals surface area contributed by atoms with E-state index in [1.807, 2.05) is 39.8 Å². The van der Waals surface area contributed by atoms with E-state index in [1.54, 1.807) is 18.2 Å². The minimum Gasteiger partial charge on any atom is -0.350 e. The van der Waals surface area contributed by atoms with Crippen LogP contribution < -0.4 is 10.6 Å². The Morgan fingerprint density at radius 2 is 1.89 bits per heavy atom. The van der Waals surface area contributed by atoms with Crippen molar-refractivity contribution < 1.29 is 9.18 Å². The number of hydrogen-bond acceptors (Lipinski definition) is 4. The van der Waals surface area contributed by atoms with Crippen molar-refractivity contribution in [1.29, 1.82) is 0 Å². The minimum atomic E-state index is -0.268. The van der Waals surface area contributed by atoms with Gasteiger partial charge in [0.1, 0.15) is 11.5 Å². The van der Waals surface area contributed by atoms with Crippen LogP contribution in [0.4, 0.5) is 4.39 Å². The fourth-order valence-corrected chi connectivity index (χ4v) is 3.81. The summed E-state index contributed by atoms with van der Waals surface area (Å²) < 4.78 is 13.5. The van der Waals surface area contributed by atoms with Gasteiger partial charge in [0.2, 0.25) is 0 Å². The summed E-state index contributed by atoms with van der Waals surface area (Å²) in [6, 6.07) is 8.86. The second kappa shape index (κ2) is 15.8. The quantitative estimate of drug-likeness (QED) is 0.143. The molecule has 1 fully saturated rings. The average Bonchev–Trinajstić information content (AvgIpc) is 3.78. The molecule has 1 aromatic heterocycles. The fourth-order valence-electron chi connectivity index (χ4n) is 3.81. The van der Waals surface area contributed by atoms with Crippen molar-refractivity contribution in [3.05, 3.63) is 88.5 Å². The smallest absolute Gasteiger partial charge is 0.269 e. The van der Waals surface area contributed by atoms with E-state index in [4.69, 9.17) is 4.98 Å². The highest BCUT2D eigenvalue weighted by molar-refractivity contribution is 6.01. The van der Waals surface area contributed by atoms with Gasteiger partial charge in [-0.1, -0.05) is 51.5 Å². The van der Waals surface area contributed by atoms with Crippen LogP contribution in [0.1, 0.15) is 77.2 Å². The van der Waals surface area contributed by atoms with Crippen LogP contribution in [0.25, 0.3) is 11.3 Å². The zero-order valence-corrected chi connectivity index (χ0v) is 24.0. The van der Waals surface area contributed by atoms with Crippen LogP contribution in [0.15, 0.2) is 70.9 Å². The van der Waals surface area contributed by atoms with Crippen LogP contribution in [-0.4, -0.2) is 29.7 Å². The highest BCUT2D eigenvalue weighted by Crippen LogP contribution is 2.32. The molecule has 1 saturated heterocycles. The van der Waals surface area contributed by atoms with E-state index in [9.17, 15) is 9.18 Å². The lowest BCUT2D eigenvalue weighted by atomic mass is 9.98. The number of halogens is 1. The zero-order valence-electron chi connectivity index (χ0n) is 24.0. The lowest BCUT2D eigenvalue weighted by Crippen LogP contribution is -2.27. The Bertz CT molecular complexity index is 1190. The predicted octanol–water partition coefficient (Wildman–Crippen LogP) is 7.19. The number of aliphatic imine (C=N–C) groups is 1. The van der Waals surface area contributed by atoms with Crippen LogP contribution in [-0.2, 0) is 11.2 Å². The van der Waals surface area contributed by atoms with Crippen LogP contribution in [0, 0.1) is 12.7 Å². The van der Waals surface area contributed by atoms with Gasteiger partial charge in [0.25, 0.3) is 5.91 Å². The number of hydrogen-bond donors (Lipinski definition) is 2. The van der Waals surface area contributed by atoms with E-state index in [-0.39, 0.29) is 11.7 Å². The van der Waals surface area contributed by atoms with Crippen LogP contribution in [0.5, 0.6) is 0 Å². The van der Waals surface area contributed by atoms with Gasteiger partial charge in [0.05, 0.1) is 5.69 Å². The maximum absolute atomic E-state index is 13.5. The van der Waals surface area contributed by atoms with Crippen molar-refractivity contribution in [1.82, 2.24) is 15.6 Å². The summed E-state index contributed by atoms with van der Waals surface area (Å²) in [5.74, 6) is -0.469. The van der Waals surface area contributed by atoms with E-state index in [0.717, 1.165) is 47.6 Å². The van der Waals surface area contributed by atoms with E-state index in [2.05, 4.69) is 48.5 Å². The molecule has 1 aliphatic heterocycles. The normalized spacial score (nSPS) is 15.8. The fraction of sp³-hybridized carbons (Fsp3) is 0.406. The molecule has 38 heavy (non-hydrogen) atoms. The van der Waals surface area contributed by atoms with Gasteiger partial charge in [0.15, 0.2) is 0 Å². The van der Waals surface area contributed by atoms with Crippen molar-refractivity contribution in [3.8, 4) is 11.3 Å². The SMILES string of the molecule is CC.C\C=C(/N=C(/C=C\C=C(\C)CC)CC)C(=O)NCCc1cc(C2CN2)c(C)c(-c2ccc(F)cc2)n1. The van der Waals surface area contributed by atoms with Gasteiger partial charge in [-0.2, -0.15) is 0 Å². The number of allylic oxidation sites excluding steroid dienone is 5. The topological polar surface area (TPSA) is 76.3 Å². The third-order valence-electron chi connectivity index (χ3n) is 6.29. The number of aromatic nitrogens is 1. The molecule has 1 aliphatic rings. The third-order valence-corrected chi connectivity index (χ3v) is 6.29. The molecule has 1 aromatic carbocycles. The maximum atomic E-state index is 13.5. The molecule has 3 rings (SSSR count).